The van der Waals surface area contributed by atoms with Gasteiger partial charge in [-0.25, -0.2) is 0 Å². The molecule has 1 heteroatoms. The number of hydrogen-bond acceptors (Lipinski definition) is 0. The van der Waals surface area contributed by atoms with E-state index in [1.807, 2.05) is 0 Å². The maximum Gasteiger partial charge on any atom is 0.0541 e. The van der Waals surface area contributed by atoms with Gasteiger partial charge in [-0.3, -0.25) is 0 Å². The number of aromatic nitrogens is 1. The highest BCUT2D eigenvalue weighted by Gasteiger charge is 2.17. The van der Waals surface area contributed by atoms with Crippen molar-refractivity contribution in [3.05, 3.63) is 188 Å². The second kappa shape index (κ2) is 11.1. The molecule has 10 rings (SSSR count). The van der Waals surface area contributed by atoms with Gasteiger partial charge in [0.05, 0.1) is 11.0 Å². The Kier molecular flexibility index (Phi) is 6.25. The van der Waals surface area contributed by atoms with Crippen molar-refractivity contribution in [1.82, 2.24) is 4.57 Å². The normalized spacial score (nSPS) is 11.7. The number of rotatable bonds is 4. The van der Waals surface area contributed by atoms with Crippen molar-refractivity contribution >= 4 is 54.1 Å². The summed E-state index contributed by atoms with van der Waals surface area (Å²) >= 11 is 0. The molecule has 0 N–H and O–H groups in total. The standard InChI is InChI=1S/C48H31N/c1-2-14-38(15-3-1)49-45-21-11-10-16-39(45)44-31-36(28-29-46(44)49)33-22-25-34(26-23-33)47-40-17-6-8-19-42(40)48(43-20-9-7-18-41(43)47)37-27-24-32-12-4-5-13-35(32)30-37/h1-31H. The quantitative estimate of drug-likeness (QED) is 0.172. The smallest absolute Gasteiger partial charge is 0.0541 e. The van der Waals surface area contributed by atoms with Crippen molar-refractivity contribution in [3.8, 4) is 39.1 Å². The highest BCUT2D eigenvalue weighted by Crippen LogP contribution is 2.44. The fourth-order valence-corrected chi connectivity index (χ4v) is 7.93. The summed E-state index contributed by atoms with van der Waals surface area (Å²) in [4.78, 5) is 0. The molecule has 0 aliphatic carbocycles. The van der Waals surface area contributed by atoms with Gasteiger partial charge < -0.3 is 4.57 Å². The Morgan fingerprint density at radius 2 is 0.755 bits per heavy atom. The van der Waals surface area contributed by atoms with Crippen LogP contribution in [-0.2, 0) is 0 Å². The lowest BCUT2D eigenvalue weighted by molar-refractivity contribution is 1.18. The third-order valence-electron chi connectivity index (χ3n) is 10.2. The van der Waals surface area contributed by atoms with Crippen LogP contribution in [0.25, 0.3) is 93.2 Å². The van der Waals surface area contributed by atoms with Gasteiger partial charge in [0.15, 0.2) is 0 Å². The Bertz CT molecular complexity index is 2800. The molecule has 10 aromatic rings. The summed E-state index contributed by atoms with van der Waals surface area (Å²) in [6, 6.07) is 68.7. The second-order valence-electron chi connectivity index (χ2n) is 12.9. The van der Waals surface area contributed by atoms with Crippen LogP contribution in [-0.4, -0.2) is 4.57 Å². The topological polar surface area (TPSA) is 4.93 Å². The molecule has 0 aliphatic heterocycles. The monoisotopic (exact) mass is 621 g/mol. The average Bonchev–Trinajstić information content (AvgIpc) is 3.51. The first-order valence-electron chi connectivity index (χ1n) is 16.9. The minimum atomic E-state index is 1.18. The van der Waals surface area contributed by atoms with Gasteiger partial charge in [-0.1, -0.05) is 152 Å². The first-order chi connectivity index (χ1) is 24.3. The fourth-order valence-electron chi connectivity index (χ4n) is 7.93. The zero-order chi connectivity index (χ0) is 32.3. The molecule has 1 aromatic heterocycles. The van der Waals surface area contributed by atoms with Gasteiger partial charge in [0.25, 0.3) is 0 Å². The molecule has 0 bridgehead atoms. The Balaban J connectivity index is 1.12. The van der Waals surface area contributed by atoms with Gasteiger partial charge in [-0.2, -0.15) is 0 Å². The van der Waals surface area contributed by atoms with Crippen molar-refractivity contribution in [3.63, 3.8) is 0 Å². The molecule has 1 heterocycles. The summed E-state index contributed by atoms with van der Waals surface area (Å²) in [5.74, 6) is 0. The van der Waals surface area contributed by atoms with Crippen molar-refractivity contribution in [2.24, 2.45) is 0 Å². The van der Waals surface area contributed by atoms with Crippen LogP contribution in [0.15, 0.2) is 188 Å². The molecule has 228 valence electrons. The van der Waals surface area contributed by atoms with E-state index in [-0.39, 0.29) is 0 Å². The molecule has 0 radical (unpaired) electrons. The molecule has 49 heavy (non-hydrogen) atoms. The van der Waals surface area contributed by atoms with Crippen molar-refractivity contribution < 1.29 is 0 Å². The molecular formula is C48H31N. The molecule has 0 saturated heterocycles. The van der Waals surface area contributed by atoms with E-state index in [9.17, 15) is 0 Å². The largest absolute Gasteiger partial charge is 0.309 e. The molecule has 9 aromatic carbocycles. The predicted octanol–water partition coefficient (Wildman–Crippen LogP) is 13.2. The zero-order valence-corrected chi connectivity index (χ0v) is 26.8. The van der Waals surface area contributed by atoms with Crippen LogP contribution in [0.4, 0.5) is 0 Å². The number of benzene rings is 9. The minimum Gasteiger partial charge on any atom is -0.309 e. The lowest BCUT2D eigenvalue weighted by Gasteiger charge is -2.18. The Morgan fingerprint density at radius 3 is 1.45 bits per heavy atom. The van der Waals surface area contributed by atoms with Crippen LogP contribution in [0.5, 0.6) is 0 Å². The summed E-state index contributed by atoms with van der Waals surface area (Å²) in [7, 11) is 0. The van der Waals surface area contributed by atoms with Gasteiger partial charge in [0.1, 0.15) is 0 Å². The summed E-state index contributed by atoms with van der Waals surface area (Å²) in [5.41, 5.74) is 11.1. The molecule has 0 unspecified atom stereocenters. The molecule has 0 fully saturated rings. The lowest BCUT2D eigenvalue weighted by atomic mass is 9.85. The molecule has 0 saturated carbocycles. The van der Waals surface area contributed by atoms with Gasteiger partial charge in [-0.05, 0) is 102 Å². The van der Waals surface area contributed by atoms with E-state index < -0.39 is 0 Å². The molecule has 0 aliphatic rings. The summed E-state index contributed by atoms with van der Waals surface area (Å²) in [6.07, 6.45) is 0. The molecular weight excluding hydrogens is 591 g/mol. The van der Waals surface area contributed by atoms with Crippen LogP contribution in [0.3, 0.4) is 0 Å². The van der Waals surface area contributed by atoms with Crippen LogP contribution >= 0.6 is 0 Å². The van der Waals surface area contributed by atoms with Gasteiger partial charge >= 0.3 is 0 Å². The SMILES string of the molecule is c1ccc(-n2c3ccccc3c3cc(-c4ccc(-c5c6ccccc6c(-c6ccc7ccccc7c6)c6ccccc56)cc4)ccc32)cc1. The van der Waals surface area contributed by atoms with E-state index in [1.54, 1.807) is 0 Å². The van der Waals surface area contributed by atoms with Crippen LogP contribution < -0.4 is 0 Å². The molecule has 1 nitrogen and oxygen atoms in total. The van der Waals surface area contributed by atoms with Gasteiger partial charge in [0, 0.05) is 16.5 Å². The van der Waals surface area contributed by atoms with Crippen LogP contribution in [0.2, 0.25) is 0 Å². The molecule has 0 atom stereocenters. The number of nitrogens with zero attached hydrogens (tertiary/aromatic N) is 1. The van der Waals surface area contributed by atoms with Crippen molar-refractivity contribution in [1.29, 1.82) is 0 Å². The van der Waals surface area contributed by atoms with Gasteiger partial charge in [-0.15, -0.1) is 0 Å². The van der Waals surface area contributed by atoms with Crippen LogP contribution in [0, 0.1) is 0 Å². The fraction of sp³-hybridized carbons (Fsp3) is 0. The van der Waals surface area contributed by atoms with Crippen LogP contribution in [0.1, 0.15) is 0 Å². The molecule has 0 amide bonds. The van der Waals surface area contributed by atoms with E-state index in [0.717, 1.165) is 0 Å². The van der Waals surface area contributed by atoms with Gasteiger partial charge in [0.2, 0.25) is 0 Å². The molecule has 0 spiro atoms. The third kappa shape index (κ3) is 4.40. The predicted molar refractivity (Wildman–Crippen MR) is 210 cm³/mol. The zero-order valence-electron chi connectivity index (χ0n) is 26.8. The summed E-state index contributed by atoms with van der Waals surface area (Å²) in [5, 5.41) is 10.1. The Morgan fingerprint density at radius 1 is 0.265 bits per heavy atom. The van der Waals surface area contributed by atoms with E-state index in [2.05, 4.69) is 193 Å². The second-order valence-corrected chi connectivity index (χ2v) is 12.9. The maximum atomic E-state index is 2.37. The lowest BCUT2D eigenvalue weighted by Crippen LogP contribution is -1.92. The summed E-state index contributed by atoms with van der Waals surface area (Å²) in [6.45, 7) is 0. The number of para-hydroxylation sites is 2. The maximum absolute atomic E-state index is 2.37. The van der Waals surface area contributed by atoms with E-state index in [4.69, 9.17) is 0 Å². The van der Waals surface area contributed by atoms with E-state index >= 15 is 0 Å². The highest BCUT2D eigenvalue weighted by atomic mass is 15.0. The highest BCUT2D eigenvalue weighted by molar-refractivity contribution is 6.21. The first-order valence-corrected chi connectivity index (χ1v) is 16.9. The van der Waals surface area contributed by atoms with E-state index in [1.165, 1.54) is 93.2 Å². The Labute approximate surface area is 284 Å². The summed E-state index contributed by atoms with van der Waals surface area (Å²) < 4.78 is 2.37. The Hall–Kier alpha value is -6.44. The first kappa shape index (κ1) is 27.7. The van der Waals surface area contributed by atoms with E-state index in [0.29, 0.717) is 0 Å². The van der Waals surface area contributed by atoms with Crippen molar-refractivity contribution in [2.45, 2.75) is 0 Å². The number of hydrogen-bond donors (Lipinski definition) is 0. The third-order valence-corrected chi connectivity index (χ3v) is 10.2. The number of fused-ring (bicyclic) bond motifs is 6. The minimum absolute atomic E-state index is 1.18. The average molecular weight is 622 g/mol. The van der Waals surface area contributed by atoms with Crippen molar-refractivity contribution in [2.75, 3.05) is 0 Å².